The van der Waals surface area contributed by atoms with Crippen molar-refractivity contribution in [3.8, 4) is 0 Å². The molecule has 7 nitrogen and oxygen atoms in total. The molecule has 5 rings (SSSR count). The van der Waals surface area contributed by atoms with Crippen LogP contribution in [0.4, 0.5) is 5.69 Å². The summed E-state index contributed by atoms with van der Waals surface area (Å²) in [6.45, 7) is 5.69. The van der Waals surface area contributed by atoms with Gasteiger partial charge in [-0.3, -0.25) is 13.9 Å². The van der Waals surface area contributed by atoms with Crippen LogP contribution in [0.15, 0.2) is 112 Å². The van der Waals surface area contributed by atoms with Gasteiger partial charge in [0.2, 0.25) is 11.8 Å². The zero-order valence-electron chi connectivity index (χ0n) is 28.5. The van der Waals surface area contributed by atoms with Gasteiger partial charge in [0.1, 0.15) is 12.6 Å². The zero-order chi connectivity index (χ0) is 35.0. The highest BCUT2D eigenvalue weighted by atomic mass is 79.9. The first-order valence-corrected chi connectivity index (χ1v) is 19.3. The fraction of sp³-hybridized carbons (Fsp3) is 0.350. The third-order valence-corrected chi connectivity index (χ3v) is 11.5. The van der Waals surface area contributed by atoms with Crippen molar-refractivity contribution < 1.29 is 18.0 Å². The fourth-order valence-electron chi connectivity index (χ4n) is 6.32. The Labute approximate surface area is 299 Å². The molecule has 1 aliphatic carbocycles. The Balaban J connectivity index is 1.57. The molecule has 4 aromatic rings. The van der Waals surface area contributed by atoms with Crippen LogP contribution in [0.25, 0.3) is 0 Å². The highest BCUT2D eigenvalue weighted by Gasteiger charge is 2.35. The van der Waals surface area contributed by atoms with Crippen LogP contribution < -0.4 is 9.62 Å². The first kappa shape index (κ1) is 36.3. The molecule has 0 bridgehead atoms. The van der Waals surface area contributed by atoms with Crippen molar-refractivity contribution in [2.45, 2.75) is 88.7 Å². The third kappa shape index (κ3) is 9.61. The van der Waals surface area contributed by atoms with Crippen LogP contribution in [0.5, 0.6) is 0 Å². The molecular weight excluding hydrogens is 698 g/mol. The van der Waals surface area contributed by atoms with Crippen molar-refractivity contribution in [3.63, 3.8) is 0 Å². The largest absolute Gasteiger partial charge is 0.352 e. The van der Waals surface area contributed by atoms with Gasteiger partial charge in [-0.05, 0) is 78.8 Å². The summed E-state index contributed by atoms with van der Waals surface area (Å²) in [5, 5.41) is 3.26. The Morgan fingerprint density at radius 1 is 0.837 bits per heavy atom. The molecule has 1 aliphatic rings. The summed E-state index contributed by atoms with van der Waals surface area (Å²) in [7, 11) is -4.16. The monoisotopic (exact) mass is 743 g/mol. The topological polar surface area (TPSA) is 86.8 Å². The van der Waals surface area contributed by atoms with Gasteiger partial charge in [0.05, 0.1) is 10.6 Å². The summed E-state index contributed by atoms with van der Waals surface area (Å²) < 4.78 is 30.7. The van der Waals surface area contributed by atoms with E-state index in [9.17, 15) is 18.0 Å². The lowest BCUT2D eigenvalue weighted by Gasteiger charge is -2.35. The number of amides is 2. The lowest BCUT2D eigenvalue weighted by molar-refractivity contribution is -0.140. The van der Waals surface area contributed by atoms with Gasteiger partial charge in [-0.25, -0.2) is 8.42 Å². The predicted molar refractivity (Wildman–Crippen MR) is 200 cm³/mol. The summed E-state index contributed by atoms with van der Waals surface area (Å²) >= 11 is 3.55. The van der Waals surface area contributed by atoms with E-state index in [0.29, 0.717) is 5.69 Å². The van der Waals surface area contributed by atoms with Crippen molar-refractivity contribution in [3.05, 3.63) is 130 Å². The first-order valence-electron chi connectivity index (χ1n) is 17.1. The number of hydrogen-bond acceptors (Lipinski definition) is 4. The van der Waals surface area contributed by atoms with E-state index in [1.807, 2.05) is 73.7 Å². The maximum absolute atomic E-state index is 14.8. The number of nitrogens with zero attached hydrogens (tertiary/aromatic N) is 2. The maximum Gasteiger partial charge on any atom is 0.264 e. The zero-order valence-corrected chi connectivity index (χ0v) is 30.9. The minimum atomic E-state index is -4.16. The molecule has 2 amide bonds. The number of carbonyl (C=O) groups is 2. The fourth-order valence-corrected chi connectivity index (χ4v) is 8.18. The molecule has 0 spiro atoms. The van der Waals surface area contributed by atoms with E-state index in [-0.39, 0.29) is 35.7 Å². The molecule has 0 aliphatic heterocycles. The number of benzene rings is 4. The number of hydrogen-bond donors (Lipinski definition) is 1. The normalized spacial score (nSPS) is 14.3. The summed E-state index contributed by atoms with van der Waals surface area (Å²) in [5.74, 6) is -0.448. The second kappa shape index (κ2) is 16.6. The molecule has 9 heteroatoms. The van der Waals surface area contributed by atoms with Crippen LogP contribution in [0, 0.1) is 6.92 Å². The lowest BCUT2D eigenvalue weighted by Crippen LogP contribution is -2.55. The molecule has 1 fully saturated rings. The van der Waals surface area contributed by atoms with Crippen LogP contribution in [-0.2, 0) is 32.6 Å². The average molecular weight is 745 g/mol. The number of rotatable bonds is 13. The minimum Gasteiger partial charge on any atom is -0.352 e. The molecule has 258 valence electrons. The lowest BCUT2D eigenvalue weighted by atomic mass is 9.94. The van der Waals surface area contributed by atoms with E-state index in [4.69, 9.17) is 0 Å². The molecule has 0 unspecified atom stereocenters. The number of carbonyl (C=O) groups excluding carboxylic acids is 2. The van der Waals surface area contributed by atoms with Crippen molar-refractivity contribution in [1.82, 2.24) is 10.2 Å². The van der Waals surface area contributed by atoms with Gasteiger partial charge in [0, 0.05) is 23.5 Å². The number of halogens is 1. The molecule has 0 heterocycles. The number of anilines is 1. The second-order valence-electron chi connectivity index (χ2n) is 13.3. The van der Waals surface area contributed by atoms with Gasteiger partial charge < -0.3 is 10.2 Å². The van der Waals surface area contributed by atoms with Gasteiger partial charge in [-0.2, -0.15) is 0 Å². The molecule has 0 radical (unpaired) electrons. The molecule has 49 heavy (non-hydrogen) atoms. The molecule has 1 saturated carbocycles. The quantitative estimate of drug-likeness (QED) is 0.150. The van der Waals surface area contributed by atoms with Gasteiger partial charge >= 0.3 is 0 Å². The summed E-state index contributed by atoms with van der Waals surface area (Å²) in [5.41, 5.74) is 4.09. The Bertz CT molecular complexity index is 1810. The molecular formula is C40H46BrN3O4S. The van der Waals surface area contributed by atoms with Crippen molar-refractivity contribution in [1.29, 1.82) is 0 Å². The SMILES string of the molecule is Cc1ccc(S(=O)(=O)N(CC(=O)N(Cc2cccc(Br)c2)[C@@H](Cc2ccccc2)C(=O)NC2CCCCC2)c2ccc(C(C)C)cc2)cc1. The molecule has 0 saturated heterocycles. The average Bonchev–Trinajstić information content (AvgIpc) is 3.09. The first-order chi connectivity index (χ1) is 23.5. The van der Waals surface area contributed by atoms with E-state index in [0.717, 1.165) is 58.8 Å². The third-order valence-electron chi connectivity index (χ3n) is 9.20. The standard InChI is InChI=1S/C40H46BrN3O4S/c1-29(2)33-19-21-36(22-20-33)44(49(47,48)37-23-17-30(3)18-24-37)28-39(45)43(27-32-13-10-14-34(41)25-32)38(26-31-11-6-4-7-12-31)40(46)42-35-15-8-5-9-16-35/h4,6-7,10-14,17-25,29,35,38H,5,8-9,15-16,26-28H2,1-3H3,(H,42,46)/t38-/m0/s1. The molecule has 4 aromatic carbocycles. The molecule has 1 N–H and O–H groups in total. The van der Waals surface area contributed by atoms with Crippen LogP contribution in [0.3, 0.4) is 0 Å². The van der Waals surface area contributed by atoms with Crippen LogP contribution >= 0.6 is 15.9 Å². The van der Waals surface area contributed by atoms with E-state index in [1.54, 1.807) is 41.3 Å². The van der Waals surface area contributed by atoms with Gasteiger partial charge in [-0.15, -0.1) is 0 Å². The Morgan fingerprint density at radius 2 is 1.49 bits per heavy atom. The summed E-state index contributed by atoms with van der Waals surface area (Å²) in [6.07, 6.45) is 5.34. The minimum absolute atomic E-state index is 0.0419. The highest BCUT2D eigenvalue weighted by Crippen LogP contribution is 2.28. The van der Waals surface area contributed by atoms with E-state index in [2.05, 4.69) is 35.1 Å². The number of sulfonamides is 1. The van der Waals surface area contributed by atoms with Gasteiger partial charge in [0.15, 0.2) is 0 Å². The van der Waals surface area contributed by atoms with E-state index < -0.39 is 28.5 Å². The van der Waals surface area contributed by atoms with Crippen LogP contribution in [-0.4, -0.2) is 43.8 Å². The van der Waals surface area contributed by atoms with E-state index in [1.165, 1.54) is 4.31 Å². The van der Waals surface area contributed by atoms with Crippen LogP contribution in [0.1, 0.15) is 74.1 Å². The van der Waals surface area contributed by atoms with Crippen molar-refractivity contribution >= 4 is 43.5 Å². The Morgan fingerprint density at radius 3 is 2.12 bits per heavy atom. The smallest absolute Gasteiger partial charge is 0.264 e. The van der Waals surface area contributed by atoms with Crippen molar-refractivity contribution in [2.75, 3.05) is 10.8 Å². The molecule has 1 atom stereocenters. The van der Waals surface area contributed by atoms with E-state index >= 15 is 0 Å². The van der Waals surface area contributed by atoms with Crippen LogP contribution in [0.2, 0.25) is 0 Å². The Kier molecular flexibility index (Phi) is 12.3. The summed E-state index contributed by atoms with van der Waals surface area (Å²) in [4.78, 5) is 30.7. The molecule has 0 aromatic heterocycles. The van der Waals surface area contributed by atoms with Crippen molar-refractivity contribution in [2.24, 2.45) is 0 Å². The maximum atomic E-state index is 14.8. The van der Waals surface area contributed by atoms with Gasteiger partial charge in [-0.1, -0.05) is 121 Å². The van der Waals surface area contributed by atoms with Gasteiger partial charge in [0.25, 0.3) is 10.0 Å². The second-order valence-corrected chi connectivity index (χ2v) is 16.0. The predicted octanol–water partition coefficient (Wildman–Crippen LogP) is 8.17. The number of aryl methyl sites for hydroxylation is 1. The Hall–Kier alpha value is -3.95. The number of nitrogens with one attached hydrogen (secondary N) is 1. The summed E-state index contributed by atoms with van der Waals surface area (Å²) in [6, 6.07) is 30.4. The highest BCUT2D eigenvalue weighted by molar-refractivity contribution is 9.10.